The number of rotatable bonds is 0. The van der Waals surface area contributed by atoms with Crippen molar-refractivity contribution in [3.05, 3.63) is 124 Å². The second-order valence-corrected chi connectivity index (χ2v) is 10.1. The summed E-state index contributed by atoms with van der Waals surface area (Å²) in [6, 6.07) is 34.2. The van der Waals surface area contributed by atoms with Gasteiger partial charge >= 0.3 is 0 Å². The molecule has 0 saturated heterocycles. The third kappa shape index (κ3) is 1.94. The summed E-state index contributed by atoms with van der Waals surface area (Å²) in [7, 11) is 0. The van der Waals surface area contributed by atoms with Crippen LogP contribution in [0.4, 0.5) is 0 Å². The third-order valence-electron chi connectivity index (χ3n) is 8.50. The van der Waals surface area contributed by atoms with Crippen LogP contribution in [0, 0.1) is 0 Å². The van der Waals surface area contributed by atoms with Gasteiger partial charge in [0.2, 0.25) is 0 Å². The molecule has 0 N–H and O–H groups in total. The number of benzene rings is 5. The Labute approximate surface area is 197 Å². The fraction of sp³-hybridized carbons (Fsp3) is 0.0909. The van der Waals surface area contributed by atoms with Gasteiger partial charge in [-0.1, -0.05) is 78.9 Å². The molecule has 0 fully saturated rings. The van der Waals surface area contributed by atoms with Crippen LogP contribution in [-0.4, -0.2) is 4.57 Å². The predicted octanol–water partition coefficient (Wildman–Crippen LogP) is 7.83. The van der Waals surface area contributed by atoms with Gasteiger partial charge in [-0.2, -0.15) is 0 Å². The van der Waals surface area contributed by atoms with Gasteiger partial charge in [0.25, 0.3) is 0 Å². The van der Waals surface area contributed by atoms with Crippen molar-refractivity contribution in [3.8, 4) is 27.9 Å². The number of fused-ring (bicyclic) bond motifs is 13. The van der Waals surface area contributed by atoms with E-state index in [9.17, 15) is 0 Å². The SMILES string of the molecule is c1ccc2c(c1)Cc1c-2ccc2c1Cc1ccc3c(c1-2)Cc1cccc2c4ccccc4n-3c12. The van der Waals surface area contributed by atoms with Crippen molar-refractivity contribution >= 4 is 21.8 Å². The smallest absolute Gasteiger partial charge is 0.0576 e. The number of nitrogens with zero attached hydrogens (tertiary/aromatic N) is 1. The summed E-state index contributed by atoms with van der Waals surface area (Å²) in [5, 5.41) is 2.72. The molecule has 158 valence electrons. The van der Waals surface area contributed by atoms with Crippen LogP contribution in [0.25, 0.3) is 49.7 Å². The van der Waals surface area contributed by atoms with E-state index >= 15 is 0 Å². The molecule has 0 saturated carbocycles. The highest BCUT2D eigenvalue weighted by atomic mass is 15.0. The van der Waals surface area contributed by atoms with E-state index in [1.54, 1.807) is 11.1 Å². The molecule has 2 heterocycles. The Kier molecular flexibility index (Phi) is 3.00. The van der Waals surface area contributed by atoms with Gasteiger partial charge < -0.3 is 4.57 Å². The molecule has 1 aromatic heterocycles. The second kappa shape index (κ2) is 5.87. The highest BCUT2D eigenvalue weighted by molar-refractivity contribution is 6.11. The van der Waals surface area contributed by atoms with Crippen LogP contribution in [0.3, 0.4) is 0 Å². The largest absolute Gasteiger partial charge is 0.309 e. The van der Waals surface area contributed by atoms with Crippen molar-refractivity contribution in [1.29, 1.82) is 0 Å². The van der Waals surface area contributed by atoms with Crippen molar-refractivity contribution < 1.29 is 0 Å². The van der Waals surface area contributed by atoms with E-state index in [2.05, 4.69) is 95.6 Å². The van der Waals surface area contributed by atoms with Crippen molar-refractivity contribution in [2.45, 2.75) is 19.3 Å². The molecule has 0 amide bonds. The normalized spacial score (nSPS) is 14.1. The minimum Gasteiger partial charge on any atom is -0.309 e. The van der Waals surface area contributed by atoms with Crippen LogP contribution in [0.15, 0.2) is 91.0 Å². The van der Waals surface area contributed by atoms with Gasteiger partial charge in [-0.05, 0) is 80.6 Å². The molecule has 0 unspecified atom stereocenters. The minimum atomic E-state index is 1.00. The van der Waals surface area contributed by atoms with Gasteiger partial charge in [0, 0.05) is 17.2 Å². The summed E-state index contributed by atoms with van der Waals surface area (Å²) in [4.78, 5) is 0. The summed E-state index contributed by atoms with van der Waals surface area (Å²) < 4.78 is 2.53. The van der Waals surface area contributed by atoms with Crippen LogP contribution in [0.1, 0.15) is 33.4 Å². The highest BCUT2D eigenvalue weighted by Crippen LogP contribution is 2.50. The lowest BCUT2D eigenvalue weighted by Crippen LogP contribution is -2.09. The average Bonchev–Trinajstić information content (AvgIpc) is 3.55. The van der Waals surface area contributed by atoms with Gasteiger partial charge in [-0.25, -0.2) is 0 Å². The first-order chi connectivity index (χ1) is 16.9. The van der Waals surface area contributed by atoms with E-state index in [0.717, 1.165) is 19.3 Å². The van der Waals surface area contributed by atoms with E-state index in [0.29, 0.717) is 0 Å². The predicted molar refractivity (Wildman–Crippen MR) is 140 cm³/mol. The molecule has 5 aromatic carbocycles. The zero-order valence-electron chi connectivity index (χ0n) is 18.7. The first-order valence-corrected chi connectivity index (χ1v) is 12.3. The number of aromatic nitrogens is 1. The maximum atomic E-state index is 2.53. The van der Waals surface area contributed by atoms with Gasteiger partial charge in [0.05, 0.1) is 16.7 Å². The van der Waals surface area contributed by atoms with Gasteiger partial charge in [0.15, 0.2) is 0 Å². The average molecular weight is 432 g/mol. The van der Waals surface area contributed by atoms with E-state index in [1.807, 2.05) is 0 Å². The summed E-state index contributed by atoms with van der Waals surface area (Å²) in [6.45, 7) is 0. The van der Waals surface area contributed by atoms with Crippen LogP contribution in [0.2, 0.25) is 0 Å². The molecule has 6 aromatic rings. The monoisotopic (exact) mass is 431 g/mol. The molecular formula is C33H21N. The Bertz CT molecular complexity index is 1880. The standard InChI is InChI=1S/C33H21N/c1-2-8-22-19(6-1)16-27-23(22)13-14-25-28(27)17-20-12-15-31-29(32(20)25)18-21-7-5-10-26-24-9-3-4-11-30(24)34(31)33(21)26/h1-15H,16-18H2. The fourth-order valence-electron chi connectivity index (χ4n) is 7.13. The van der Waals surface area contributed by atoms with Crippen molar-refractivity contribution in [3.63, 3.8) is 0 Å². The Morgan fingerprint density at radius 2 is 1.21 bits per heavy atom. The minimum absolute atomic E-state index is 1.00. The lowest BCUT2D eigenvalue weighted by molar-refractivity contribution is 1.04. The van der Waals surface area contributed by atoms with E-state index in [-0.39, 0.29) is 0 Å². The molecule has 1 aliphatic heterocycles. The van der Waals surface area contributed by atoms with Crippen molar-refractivity contribution in [2.24, 2.45) is 0 Å². The summed E-state index contributed by atoms with van der Waals surface area (Å²) in [6.07, 6.45) is 3.12. The van der Waals surface area contributed by atoms with E-state index in [1.165, 1.54) is 72.0 Å². The van der Waals surface area contributed by atoms with Crippen LogP contribution in [0.5, 0.6) is 0 Å². The molecule has 1 heteroatoms. The molecule has 1 nitrogen and oxygen atoms in total. The molecule has 0 bridgehead atoms. The molecule has 2 aliphatic carbocycles. The third-order valence-corrected chi connectivity index (χ3v) is 8.50. The molecule has 3 aliphatic rings. The lowest BCUT2D eigenvalue weighted by Gasteiger charge is -2.23. The molecule has 0 radical (unpaired) electrons. The summed E-state index contributed by atoms with van der Waals surface area (Å²) in [5.74, 6) is 0. The first-order valence-electron chi connectivity index (χ1n) is 12.3. The Balaban J connectivity index is 1.34. The Hall–Kier alpha value is -4.10. The summed E-state index contributed by atoms with van der Waals surface area (Å²) >= 11 is 0. The number of para-hydroxylation sites is 2. The van der Waals surface area contributed by atoms with Crippen molar-refractivity contribution in [1.82, 2.24) is 4.57 Å². The van der Waals surface area contributed by atoms with Crippen LogP contribution in [-0.2, 0) is 19.3 Å². The van der Waals surface area contributed by atoms with Crippen LogP contribution < -0.4 is 0 Å². The maximum Gasteiger partial charge on any atom is 0.0576 e. The molecule has 0 atom stereocenters. The van der Waals surface area contributed by atoms with Crippen LogP contribution >= 0.6 is 0 Å². The molecular weight excluding hydrogens is 410 g/mol. The van der Waals surface area contributed by atoms with E-state index < -0.39 is 0 Å². The van der Waals surface area contributed by atoms with Gasteiger partial charge in [0.1, 0.15) is 0 Å². The fourth-order valence-corrected chi connectivity index (χ4v) is 7.13. The highest BCUT2D eigenvalue weighted by Gasteiger charge is 2.32. The molecule has 9 rings (SSSR count). The second-order valence-electron chi connectivity index (χ2n) is 10.1. The Morgan fingerprint density at radius 1 is 0.471 bits per heavy atom. The maximum absolute atomic E-state index is 2.53. The lowest BCUT2D eigenvalue weighted by atomic mass is 9.89. The van der Waals surface area contributed by atoms with E-state index in [4.69, 9.17) is 0 Å². The molecule has 0 spiro atoms. The zero-order chi connectivity index (χ0) is 22.0. The first kappa shape index (κ1) is 17.4. The Morgan fingerprint density at radius 3 is 2.21 bits per heavy atom. The zero-order valence-corrected chi connectivity index (χ0v) is 18.7. The van der Waals surface area contributed by atoms with Crippen molar-refractivity contribution in [2.75, 3.05) is 0 Å². The topological polar surface area (TPSA) is 4.93 Å². The quantitative estimate of drug-likeness (QED) is 0.231. The molecule has 34 heavy (non-hydrogen) atoms. The number of hydrogen-bond acceptors (Lipinski definition) is 0. The van der Waals surface area contributed by atoms with Gasteiger partial charge in [-0.3, -0.25) is 0 Å². The number of hydrogen-bond donors (Lipinski definition) is 0. The van der Waals surface area contributed by atoms with Gasteiger partial charge in [-0.15, -0.1) is 0 Å². The summed E-state index contributed by atoms with van der Waals surface area (Å²) in [5.41, 5.74) is 18.9.